The summed E-state index contributed by atoms with van der Waals surface area (Å²) < 4.78 is 30.5. The van der Waals surface area contributed by atoms with Gasteiger partial charge in [-0.05, 0) is 59.4 Å². The summed E-state index contributed by atoms with van der Waals surface area (Å²) in [5, 5.41) is 8.18. The van der Waals surface area contributed by atoms with Gasteiger partial charge in [0.2, 0.25) is 21.7 Å². The van der Waals surface area contributed by atoms with Crippen molar-refractivity contribution in [1.82, 2.24) is 10.6 Å². The predicted octanol–water partition coefficient (Wildman–Crippen LogP) is 1.88. The fraction of sp³-hybridized carbons (Fsp3) is 0.250. The van der Waals surface area contributed by atoms with Crippen LogP contribution in [0.5, 0.6) is 5.75 Å². The van der Waals surface area contributed by atoms with Crippen LogP contribution < -0.4 is 26.8 Å². The van der Waals surface area contributed by atoms with Crippen molar-refractivity contribution >= 4 is 43.9 Å². The SMILES string of the molecule is NC(=O)CNC(=O)c1cc2ccccc2cc1OCCCCNC(=O)[C@@H](N)CC1=CS(=O)(=O)c2ccccc21. The lowest BCUT2D eigenvalue weighted by Gasteiger charge is -2.14. The van der Waals surface area contributed by atoms with E-state index >= 15 is 0 Å². The lowest BCUT2D eigenvalue weighted by molar-refractivity contribution is -0.122. The Kier molecular flexibility index (Phi) is 8.62. The standard InChI is InChI=1S/C28H30N4O6S/c29-23(14-20-17-39(36,37)25-10-4-3-9-21(20)25)28(35)31-11-5-6-12-38-24-15-19-8-2-1-7-18(19)13-22(24)27(34)32-16-26(30)33/h1-4,7-10,13,15,17,23H,5-6,11-12,14,16,29H2,(H2,30,33)(H,31,35)(H,32,34)/t23-/m0/s1. The molecule has 0 unspecified atom stereocenters. The first-order valence-corrected chi connectivity index (χ1v) is 14.0. The van der Waals surface area contributed by atoms with Crippen molar-refractivity contribution in [2.24, 2.45) is 11.5 Å². The summed E-state index contributed by atoms with van der Waals surface area (Å²) in [5.41, 5.74) is 12.6. The van der Waals surface area contributed by atoms with Gasteiger partial charge in [-0.15, -0.1) is 0 Å². The molecule has 0 aromatic heterocycles. The summed E-state index contributed by atoms with van der Waals surface area (Å²) in [6, 6.07) is 16.7. The van der Waals surface area contributed by atoms with Crippen LogP contribution in [0.4, 0.5) is 0 Å². The van der Waals surface area contributed by atoms with Crippen molar-refractivity contribution in [3.8, 4) is 5.75 Å². The minimum Gasteiger partial charge on any atom is -0.493 e. The third-order valence-electron chi connectivity index (χ3n) is 6.26. The summed E-state index contributed by atoms with van der Waals surface area (Å²) in [4.78, 5) is 36.4. The number of nitrogens with one attached hydrogen (secondary N) is 2. The number of sulfone groups is 1. The Morgan fingerprint density at radius 1 is 0.923 bits per heavy atom. The summed E-state index contributed by atoms with van der Waals surface area (Å²) in [6.45, 7) is 0.359. The number of hydrogen-bond donors (Lipinski definition) is 4. The Hall–Kier alpha value is -4.22. The molecular formula is C28H30N4O6S. The molecule has 0 fully saturated rings. The number of rotatable bonds is 12. The maximum absolute atomic E-state index is 12.6. The minimum atomic E-state index is -3.51. The molecule has 204 valence electrons. The molecule has 6 N–H and O–H groups in total. The Labute approximate surface area is 226 Å². The van der Waals surface area contributed by atoms with Crippen molar-refractivity contribution in [1.29, 1.82) is 0 Å². The maximum atomic E-state index is 12.6. The van der Waals surface area contributed by atoms with E-state index in [1.807, 2.05) is 24.3 Å². The molecule has 3 amide bonds. The van der Waals surface area contributed by atoms with Crippen molar-refractivity contribution in [2.45, 2.75) is 30.2 Å². The highest BCUT2D eigenvalue weighted by molar-refractivity contribution is 7.95. The first-order chi connectivity index (χ1) is 18.7. The molecule has 1 atom stereocenters. The smallest absolute Gasteiger partial charge is 0.255 e. The van der Waals surface area contributed by atoms with E-state index in [1.54, 1.807) is 30.3 Å². The first kappa shape index (κ1) is 27.8. The highest BCUT2D eigenvalue weighted by atomic mass is 32.2. The Morgan fingerprint density at radius 2 is 1.62 bits per heavy atom. The summed E-state index contributed by atoms with van der Waals surface area (Å²) >= 11 is 0. The fourth-order valence-electron chi connectivity index (χ4n) is 4.31. The zero-order chi connectivity index (χ0) is 28.0. The van der Waals surface area contributed by atoms with Gasteiger partial charge in [0.15, 0.2) is 0 Å². The first-order valence-electron chi connectivity index (χ1n) is 12.5. The molecule has 3 aromatic carbocycles. The van der Waals surface area contributed by atoms with E-state index in [4.69, 9.17) is 16.2 Å². The van der Waals surface area contributed by atoms with Crippen LogP contribution in [0.15, 0.2) is 71.0 Å². The number of hydrogen-bond acceptors (Lipinski definition) is 7. The van der Waals surface area contributed by atoms with Crippen LogP contribution >= 0.6 is 0 Å². The van der Waals surface area contributed by atoms with Gasteiger partial charge in [0.1, 0.15) is 5.75 Å². The van der Waals surface area contributed by atoms with Crippen molar-refractivity contribution in [2.75, 3.05) is 19.7 Å². The number of amides is 3. The van der Waals surface area contributed by atoms with Crippen LogP contribution in [0.2, 0.25) is 0 Å². The van der Waals surface area contributed by atoms with Crippen LogP contribution in [0.25, 0.3) is 16.3 Å². The van der Waals surface area contributed by atoms with Crippen LogP contribution in [-0.4, -0.2) is 51.9 Å². The van der Waals surface area contributed by atoms with E-state index in [0.717, 1.165) is 10.8 Å². The Balaban J connectivity index is 1.26. The summed E-state index contributed by atoms with van der Waals surface area (Å²) in [5.74, 6) is -1.12. The van der Waals surface area contributed by atoms with E-state index in [9.17, 15) is 22.8 Å². The molecular weight excluding hydrogens is 520 g/mol. The van der Waals surface area contributed by atoms with E-state index in [2.05, 4.69) is 10.6 Å². The number of carbonyl (C=O) groups is 3. The van der Waals surface area contributed by atoms with Crippen molar-refractivity contribution < 1.29 is 27.5 Å². The molecule has 3 aromatic rings. The minimum absolute atomic E-state index is 0.105. The van der Waals surface area contributed by atoms with Crippen LogP contribution in [0.3, 0.4) is 0 Å². The van der Waals surface area contributed by atoms with Gasteiger partial charge in [-0.25, -0.2) is 8.42 Å². The van der Waals surface area contributed by atoms with Crippen molar-refractivity contribution in [3.05, 3.63) is 77.2 Å². The predicted molar refractivity (Wildman–Crippen MR) is 147 cm³/mol. The molecule has 1 aliphatic heterocycles. The van der Waals surface area contributed by atoms with Gasteiger partial charge >= 0.3 is 0 Å². The number of carbonyl (C=O) groups excluding carboxylic acids is 3. The summed E-state index contributed by atoms with van der Waals surface area (Å²) in [6.07, 6.45) is 1.28. The van der Waals surface area contributed by atoms with Crippen LogP contribution in [-0.2, 0) is 19.4 Å². The lowest BCUT2D eigenvalue weighted by Crippen LogP contribution is -2.41. The number of ether oxygens (including phenoxy) is 1. The number of nitrogens with two attached hydrogens (primary N) is 2. The molecule has 0 bridgehead atoms. The largest absolute Gasteiger partial charge is 0.493 e. The Morgan fingerprint density at radius 3 is 2.36 bits per heavy atom. The summed E-state index contributed by atoms with van der Waals surface area (Å²) in [7, 11) is -3.51. The molecule has 10 nitrogen and oxygen atoms in total. The third kappa shape index (κ3) is 6.81. The monoisotopic (exact) mass is 550 g/mol. The molecule has 0 aliphatic carbocycles. The van der Waals surface area contributed by atoms with Gasteiger partial charge in [0, 0.05) is 12.0 Å². The topological polar surface area (TPSA) is 171 Å². The molecule has 0 saturated carbocycles. The molecule has 11 heteroatoms. The number of primary amides is 1. The van der Waals surface area contributed by atoms with E-state index in [1.165, 1.54) is 11.5 Å². The molecule has 0 spiro atoms. The van der Waals surface area contributed by atoms with Crippen LogP contribution in [0, 0.1) is 0 Å². The molecule has 4 rings (SSSR count). The quantitative estimate of drug-likeness (QED) is 0.249. The number of fused-ring (bicyclic) bond motifs is 2. The highest BCUT2D eigenvalue weighted by Gasteiger charge is 2.28. The van der Waals surface area contributed by atoms with Gasteiger partial charge in [0.05, 0.1) is 29.7 Å². The van der Waals surface area contributed by atoms with E-state index < -0.39 is 27.7 Å². The van der Waals surface area contributed by atoms with Gasteiger partial charge in [-0.2, -0.15) is 0 Å². The van der Waals surface area contributed by atoms with Gasteiger partial charge in [-0.1, -0.05) is 42.5 Å². The van der Waals surface area contributed by atoms with Gasteiger partial charge in [-0.3, -0.25) is 14.4 Å². The molecule has 0 radical (unpaired) electrons. The second-order valence-electron chi connectivity index (χ2n) is 9.19. The molecule has 1 aliphatic rings. The normalized spacial score (nSPS) is 14.2. The molecule has 1 heterocycles. The Bertz CT molecular complexity index is 1550. The maximum Gasteiger partial charge on any atom is 0.255 e. The molecule has 39 heavy (non-hydrogen) atoms. The van der Waals surface area contributed by atoms with Crippen LogP contribution in [0.1, 0.15) is 35.2 Å². The number of unbranched alkanes of at least 4 members (excludes halogenated alkanes) is 1. The third-order valence-corrected chi connectivity index (χ3v) is 7.82. The lowest BCUT2D eigenvalue weighted by atomic mass is 10.0. The second-order valence-corrected chi connectivity index (χ2v) is 11.0. The average Bonchev–Trinajstić information content (AvgIpc) is 3.17. The highest BCUT2D eigenvalue weighted by Crippen LogP contribution is 2.35. The zero-order valence-corrected chi connectivity index (χ0v) is 22.0. The van der Waals surface area contributed by atoms with Gasteiger partial charge in [0.25, 0.3) is 5.91 Å². The number of benzene rings is 3. The van der Waals surface area contributed by atoms with E-state index in [0.29, 0.717) is 41.8 Å². The van der Waals surface area contributed by atoms with Gasteiger partial charge < -0.3 is 26.8 Å². The fourth-order valence-corrected chi connectivity index (χ4v) is 5.81. The van der Waals surface area contributed by atoms with E-state index in [-0.39, 0.29) is 30.4 Å². The van der Waals surface area contributed by atoms with Crippen molar-refractivity contribution in [3.63, 3.8) is 0 Å². The second kappa shape index (κ2) is 12.1. The molecule has 0 saturated heterocycles. The average molecular weight is 551 g/mol. The zero-order valence-electron chi connectivity index (χ0n) is 21.2.